The van der Waals surface area contributed by atoms with Gasteiger partial charge < -0.3 is 5.32 Å². The average Bonchev–Trinajstić information content (AvgIpc) is 2.01. The second-order valence-corrected chi connectivity index (χ2v) is 5.37. The molecule has 0 rings (SSSR count). The van der Waals surface area contributed by atoms with E-state index in [4.69, 9.17) is 0 Å². The molecule has 0 saturated carbocycles. The number of carbonyl (C=O) groups excluding carboxylic acids is 2. The van der Waals surface area contributed by atoms with Gasteiger partial charge in [-0.3, -0.25) is 9.59 Å². The Morgan fingerprint density at radius 2 is 1.67 bits per heavy atom. The zero-order valence-corrected chi connectivity index (χ0v) is 10.7. The van der Waals surface area contributed by atoms with Crippen LogP contribution >= 0.6 is 0 Å². The number of hydrogen-bond acceptors (Lipinski definition) is 2. The molecule has 0 aliphatic rings. The molecular weight excluding hydrogens is 190 g/mol. The molecule has 3 heteroatoms. The summed E-state index contributed by atoms with van der Waals surface area (Å²) in [4.78, 5) is 22.5. The number of nitrogens with one attached hydrogen (secondary N) is 1. The summed E-state index contributed by atoms with van der Waals surface area (Å²) in [5.41, 5.74) is 0.122. The van der Waals surface area contributed by atoms with Gasteiger partial charge >= 0.3 is 0 Å². The molecule has 0 aliphatic heterocycles. The van der Waals surface area contributed by atoms with Crippen molar-refractivity contribution in [3.63, 3.8) is 0 Å². The third-order valence-electron chi connectivity index (χ3n) is 2.96. The van der Waals surface area contributed by atoms with Gasteiger partial charge in [0.15, 0.2) is 5.78 Å². The standard InChI is InChI=1S/C12H23NO2/c1-8(12(4,5)6)7-11(15)13-9(2)10(3)14/h8-9H,7H2,1-6H3,(H,13,15). The Bertz CT molecular complexity index is 240. The van der Waals surface area contributed by atoms with Crippen molar-refractivity contribution in [2.45, 2.75) is 54.0 Å². The Morgan fingerprint density at radius 3 is 2.00 bits per heavy atom. The molecule has 2 unspecified atom stereocenters. The van der Waals surface area contributed by atoms with Crippen molar-refractivity contribution in [3.05, 3.63) is 0 Å². The van der Waals surface area contributed by atoms with Gasteiger partial charge in [-0.2, -0.15) is 0 Å². The summed E-state index contributed by atoms with van der Waals surface area (Å²) in [6.07, 6.45) is 0.473. The number of hydrogen-bond donors (Lipinski definition) is 1. The minimum atomic E-state index is -0.371. The highest BCUT2D eigenvalue weighted by Gasteiger charge is 2.23. The van der Waals surface area contributed by atoms with E-state index in [1.165, 1.54) is 6.92 Å². The Labute approximate surface area is 92.6 Å². The summed E-state index contributed by atoms with van der Waals surface area (Å²) in [5.74, 6) is 0.253. The van der Waals surface area contributed by atoms with E-state index in [9.17, 15) is 9.59 Å². The maximum absolute atomic E-state index is 11.6. The highest BCUT2D eigenvalue weighted by Crippen LogP contribution is 2.27. The van der Waals surface area contributed by atoms with Crippen molar-refractivity contribution in [2.75, 3.05) is 0 Å². The fourth-order valence-electron chi connectivity index (χ4n) is 0.986. The second kappa shape index (κ2) is 5.29. The molecule has 88 valence electrons. The smallest absolute Gasteiger partial charge is 0.220 e. The lowest BCUT2D eigenvalue weighted by Crippen LogP contribution is -2.38. The van der Waals surface area contributed by atoms with Gasteiger partial charge in [0.1, 0.15) is 0 Å². The monoisotopic (exact) mass is 213 g/mol. The van der Waals surface area contributed by atoms with Crippen LogP contribution in [0.2, 0.25) is 0 Å². The van der Waals surface area contributed by atoms with Crippen molar-refractivity contribution in [2.24, 2.45) is 11.3 Å². The lowest BCUT2D eigenvalue weighted by molar-refractivity contribution is -0.127. The van der Waals surface area contributed by atoms with Crippen molar-refractivity contribution < 1.29 is 9.59 Å². The van der Waals surface area contributed by atoms with Gasteiger partial charge in [-0.1, -0.05) is 27.7 Å². The van der Waals surface area contributed by atoms with Crippen molar-refractivity contribution in [1.82, 2.24) is 5.32 Å². The first-order valence-electron chi connectivity index (χ1n) is 5.44. The highest BCUT2D eigenvalue weighted by atomic mass is 16.2. The molecule has 0 aliphatic carbocycles. The SMILES string of the molecule is CC(=O)C(C)NC(=O)CC(C)C(C)(C)C. The maximum Gasteiger partial charge on any atom is 0.220 e. The Hall–Kier alpha value is -0.860. The third-order valence-corrected chi connectivity index (χ3v) is 2.96. The van der Waals surface area contributed by atoms with E-state index in [2.05, 4.69) is 33.0 Å². The topological polar surface area (TPSA) is 46.2 Å². The minimum absolute atomic E-state index is 0.00763. The van der Waals surface area contributed by atoms with E-state index in [1.807, 2.05) is 0 Å². The van der Waals surface area contributed by atoms with Crippen LogP contribution in [0, 0.1) is 11.3 Å². The predicted octanol–water partition coefficient (Wildman–Crippen LogP) is 2.15. The van der Waals surface area contributed by atoms with Crippen molar-refractivity contribution in [1.29, 1.82) is 0 Å². The molecule has 15 heavy (non-hydrogen) atoms. The van der Waals surface area contributed by atoms with E-state index >= 15 is 0 Å². The van der Waals surface area contributed by atoms with Crippen LogP contribution in [-0.2, 0) is 9.59 Å². The first-order valence-corrected chi connectivity index (χ1v) is 5.44. The molecule has 0 bridgehead atoms. The summed E-state index contributed by atoms with van der Waals surface area (Å²) >= 11 is 0. The van der Waals surface area contributed by atoms with Gasteiger partial charge in [0.2, 0.25) is 5.91 Å². The Balaban J connectivity index is 4.11. The van der Waals surface area contributed by atoms with Crippen molar-refractivity contribution >= 4 is 11.7 Å². The lowest BCUT2D eigenvalue weighted by atomic mass is 9.80. The van der Waals surface area contributed by atoms with Gasteiger partial charge in [0.25, 0.3) is 0 Å². The summed E-state index contributed by atoms with van der Waals surface area (Å²) in [7, 11) is 0. The van der Waals surface area contributed by atoms with E-state index in [1.54, 1.807) is 6.92 Å². The molecule has 2 atom stereocenters. The number of carbonyl (C=O) groups is 2. The first-order chi connectivity index (χ1) is 6.64. The van der Waals surface area contributed by atoms with Gasteiger partial charge in [-0.05, 0) is 25.2 Å². The molecule has 1 N–H and O–H groups in total. The van der Waals surface area contributed by atoms with Crippen LogP contribution in [0.4, 0.5) is 0 Å². The largest absolute Gasteiger partial charge is 0.347 e. The molecule has 0 heterocycles. The highest BCUT2D eigenvalue weighted by molar-refractivity contribution is 5.87. The number of amides is 1. The van der Waals surface area contributed by atoms with Gasteiger partial charge in [-0.15, -0.1) is 0 Å². The molecular formula is C12H23NO2. The van der Waals surface area contributed by atoms with E-state index in [0.717, 1.165) is 0 Å². The van der Waals surface area contributed by atoms with Gasteiger partial charge in [-0.25, -0.2) is 0 Å². The molecule has 0 aromatic rings. The fourth-order valence-corrected chi connectivity index (χ4v) is 0.986. The van der Waals surface area contributed by atoms with Gasteiger partial charge in [0.05, 0.1) is 6.04 Å². The molecule has 0 spiro atoms. The van der Waals surface area contributed by atoms with Crippen LogP contribution in [0.3, 0.4) is 0 Å². The maximum atomic E-state index is 11.6. The number of rotatable bonds is 4. The van der Waals surface area contributed by atoms with Crippen LogP contribution in [0.15, 0.2) is 0 Å². The first kappa shape index (κ1) is 14.1. The molecule has 0 fully saturated rings. The molecule has 0 saturated heterocycles. The number of Topliss-reactive ketones (excluding diaryl/α,β-unsaturated/α-hetero) is 1. The van der Waals surface area contributed by atoms with Crippen LogP contribution in [0.25, 0.3) is 0 Å². The fraction of sp³-hybridized carbons (Fsp3) is 0.833. The van der Waals surface area contributed by atoms with E-state index in [-0.39, 0.29) is 23.1 Å². The molecule has 0 aromatic carbocycles. The number of ketones is 1. The Kier molecular flexibility index (Phi) is 4.98. The normalized spacial score (nSPS) is 15.6. The summed E-state index contributed by atoms with van der Waals surface area (Å²) in [6, 6.07) is -0.371. The average molecular weight is 213 g/mol. The van der Waals surface area contributed by atoms with Crippen LogP contribution in [0.5, 0.6) is 0 Å². The van der Waals surface area contributed by atoms with Gasteiger partial charge in [0, 0.05) is 6.42 Å². The Morgan fingerprint density at radius 1 is 1.20 bits per heavy atom. The molecule has 3 nitrogen and oxygen atoms in total. The summed E-state index contributed by atoms with van der Waals surface area (Å²) in [6.45, 7) is 11.6. The summed E-state index contributed by atoms with van der Waals surface area (Å²) in [5, 5.41) is 2.69. The third kappa shape index (κ3) is 5.55. The minimum Gasteiger partial charge on any atom is -0.347 e. The predicted molar refractivity (Wildman–Crippen MR) is 61.5 cm³/mol. The van der Waals surface area contributed by atoms with Crippen LogP contribution < -0.4 is 5.32 Å². The lowest BCUT2D eigenvalue weighted by Gasteiger charge is -2.27. The van der Waals surface area contributed by atoms with E-state index < -0.39 is 0 Å². The molecule has 0 radical (unpaired) electrons. The molecule has 0 aromatic heterocycles. The second-order valence-electron chi connectivity index (χ2n) is 5.37. The molecule has 1 amide bonds. The quantitative estimate of drug-likeness (QED) is 0.777. The van der Waals surface area contributed by atoms with Crippen LogP contribution in [0.1, 0.15) is 48.0 Å². The summed E-state index contributed by atoms with van der Waals surface area (Å²) < 4.78 is 0. The zero-order valence-electron chi connectivity index (χ0n) is 10.7. The van der Waals surface area contributed by atoms with Crippen LogP contribution in [-0.4, -0.2) is 17.7 Å². The van der Waals surface area contributed by atoms with E-state index in [0.29, 0.717) is 12.3 Å². The zero-order chi connectivity index (χ0) is 12.2. The van der Waals surface area contributed by atoms with Crippen molar-refractivity contribution in [3.8, 4) is 0 Å².